The molecule has 1 aliphatic rings. The van der Waals surface area contributed by atoms with Gasteiger partial charge in [0.25, 0.3) is 5.91 Å². The van der Waals surface area contributed by atoms with E-state index < -0.39 is 5.97 Å². The second-order valence-electron chi connectivity index (χ2n) is 5.64. The number of hydrogen-bond donors (Lipinski definition) is 1. The van der Waals surface area contributed by atoms with Crippen LogP contribution in [-0.2, 0) is 9.59 Å². The number of thioether (sulfide) groups is 1. The number of amides is 1. The van der Waals surface area contributed by atoms with Crippen LogP contribution in [0.2, 0.25) is 0 Å². The van der Waals surface area contributed by atoms with Gasteiger partial charge < -0.3 is 5.11 Å². The maximum Gasteiger partial charge on any atom is 0.303 e. The molecule has 2 aromatic rings. The van der Waals surface area contributed by atoms with Gasteiger partial charge in [-0.15, -0.1) is 0 Å². The number of carbonyl (C=O) groups excluding carboxylic acids is 1. The highest BCUT2D eigenvalue weighted by atomic mass is 32.2. The van der Waals surface area contributed by atoms with Crippen LogP contribution in [0, 0.1) is 0 Å². The maximum atomic E-state index is 12.6. The molecule has 0 unspecified atom stereocenters. The Kier molecular flexibility index (Phi) is 6.65. The van der Waals surface area contributed by atoms with E-state index in [0.717, 1.165) is 15.5 Å². The van der Waals surface area contributed by atoms with Crippen molar-refractivity contribution in [2.45, 2.75) is 22.8 Å². The van der Waals surface area contributed by atoms with E-state index in [4.69, 9.17) is 17.3 Å². The molecule has 1 aromatic heterocycles. The van der Waals surface area contributed by atoms with Gasteiger partial charge in [0.2, 0.25) is 0 Å². The number of hydrogen-bond acceptors (Lipinski definition) is 6. The Labute approximate surface area is 170 Å². The molecule has 5 nitrogen and oxygen atoms in total. The summed E-state index contributed by atoms with van der Waals surface area (Å²) in [5.41, 5.74) is 0.845. The number of rotatable bonds is 7. The standard InChI is InChI=1S/C19H16N2O3S3/c22-16(23)9-5-11-21-18(24)15(27-19(21)25)12-13-6-4-10-20-17(13)26-14-7-2-1-3-8-14/h1-4,6-8,10,12H,5,9,11H2,(H,22,23). The lowest BCUT2D eigenvalue weighted by molar-refractivity contribution is -0.137. The predicted octanol–water partition coefficient (Wildman–Crippen LogP) is 4.30. The zero-order valence-electron chi connectivity index (χ0n) is 14.2. The fraction of sp³-hybridized carbons (Fsp3) is 0.158. The van der Waals surface area contributed by atoms with E-state index in [1.54, 1.807) is 12.3 Å². The van der Waals surface area contributed by atoms with Crippen molar-refractivity contribution in [3.05, 3.63) is 59.1 Å². The summed E-state index contributed by atoms with van der Waals surface area (Å²) < 4.78 is 0.456. The third kappa shape index (κ3) is 5.18. The highest BCUT2D eigenvalue weighted by molar-refractivity contribution is 8.26. The Balaban J connectivity index is 1.78. The van der Waals surface area contributed by atoms with E-state index in [1.807, 2.05) is 42.5 Å². The zero-order chi connectivity index (χ0) is 19.2. The quantitative estimate of drug-likeness (QED) is 0.533. The number of carboxylic acid groups (broad SMARTS) is 1. The highest BCUT2D eigenvalue weighted by Crippen LogP contribution is 2.35. The maximum absolute atomic E-state index is 12.6. The monoisotopic (exact) mass is 416 g/mol. The molecule has 1 aliphatic heterocycles. The fourth-order valence-electron chi connectivity index (χ4n) is 2.42. The number of carbonyl (C=O) groups is 2. The number of aromatic nitrogens is 1. The summed E-state index contributed by atoms with van der Waals surface area (Å²) in [6, 6.07) is 13.6. The van der Waals surface area contributed by atoms with Gasteiger partial charge in [0, 0.05) is 29.6 Å². The van der Waals surface area contributed by atoms with Crippen molar-refractivity contribution >= 4 is 58.0 Å². The Morgan fingerprint density at radius 2 is 2.04 bits per heavy atom. The summed E-state index contributed by atoms with van der Waals surface area (Å²) in [5, 5.41) is 9.56. The van der Waals surface area contributed by atoms with Gasteiger partial charge in [-0.25, -0.2) is 4.98 Å². The normalized spacial score (nSPS) is 15.6. The van der Waals surface area contributed by atoms with Crippen LogP contribution >= 0.6 is 35.7 Å². The molecule has 0 aliphatic carbocycles. The van der Waals surface area contributed by atoms with E-state index in [9.17, 15) is 9.59 Å². The van der Waals surface area contributed by atoms with Gasteiger partial charge in [0.15, 0.2) is 0 Å². The summed E-state index contributed by atoms with van der Waals surface area (Å²) >= 11 is 8.05. The molecule has 8 heteroatoms. The van der Waals surface area contributed by atoms with Crippen LogP contribution in [0.4, 0.5) is 0 Å². The largest absolute Gasteiger partial charge is 0.481 e. The van der Waals surface area contributed by atoms with Crippen LogP contribution in [0.25, 0.3) is 6.08 Å². The van der Waals surface area contributed by atoms with Gasteiger partial charge >= 0.3 is 5.97 Å². The lowest BCUT2D eigenvalue weighted by Crippen LogP contribution is -2.29. The number of benzene rings is 1. The molecule has 1 N–H and O–H groups in total. The molecule has 2 heterocycles. The summed E-state index contributed by atoms with van der Waals surface area (Å²) in [5.74, 6) is -1.07. The summed E-state index contributed by atoms with van der Waals surface area (Å²) in [6.07, 6.45) is 3.90. The third-order valence-corrected chi connectivity index (χ3v) is 6.11. The lowest BCUT2D eigenvalue weighted by atomic mass is 10.2. The third-order valence-electron chi connectivity index (χ3n) is 3.69. The van der Waals surface area contributed by atoms with Crippen LogP contribution < -0.4 is 0 Å². The van der Waals surface area contributed by atoms with Crippen LogP contribution in [0.5, 0.6) is 0 Å². The zero-order valence-corrected chi connectivity index (χ0v) is 16.6. The summed E-state index contributed by atoms with van der Waals surface area (Å²) in [6.45, 7) is 0.312. The molecule has 1 saturated heterocycles. The first-order chi connectivity index (χ1) is 13.0. The molecule has 1 aromatic carbocycles. The molecule has 0 radical (unpaired) electrons. The van der Waals surface area contributed by atoms with Gasteiger partial charge in [0.1, 0.15) is 9.35 Å². The average molecular weight is 417 g/mol. The number of thiocarbonyl (C=S) groups is 1. The van der Waals surface area contributed by atoms with Crippen molar-refractivity contribution in [3.8, 4) is 0 Å². The van der Waals surface area contributed by atoms with Crippen molar-refractivity contribution in [1.29, 1.82) is 0 Å². The number of nitrogens with zero attached hydrogens (tertiary/aromatic N) is 2. The molecular formula is C19H16N2O3S3. The first-order valence-corrected chi connectivity index (χ1v) is 10.2. The SMILES string of the molecule is O=C(O)CCCN1C(=O)C(=Cc2cccnc2Sc2ccccc2)SC1=S. The van der Waals surface area contributed by atoms with Gasteiger partial charge in [-0.05, 0) is 30.7 Å². The van der Waals surface area contributed by atoms with Crippen molar-refractivity contribution in [3.63, 3.8) is 0 Å². The van der Waals surface area contributed by atoms with Gasteiger partial charge in [-0.3, -0.25) is 14.5 Å². The van der Waals surface area contributed by atoms with Crippen molar-refractivity contribution in [2.24, 2.45) is 0 Å². The van der Waals surface area contributed by atoms with Gasteiger partial charge in [0.05, 0.1) is 4.91 Å². The second kappa shape index (κ2) is 9.16. The van der Waals surface area contributed by atoms with E-state index in [1.165, 1.54) is 28.4 Å². The molecule has 27 heavy (non-hydrogen) atoms. The molecule has 138 valence electrons. The van der Waals surface area contributed by atoms with Crippen molar-refractivity contribution in [2.75, 3.05) is 6.54 Å². The molecular weight excluding hydrogens is 400 g/mol. The average Bonchev–Trinajstić information content (AvgIpc) is 2.91. The highest BCUT2D eigenvalue weighted by Gasteiger charge is 2.31. The molecule has 0 spiro atoms. The van der Waals surface area contributed by atoms with E-state index in [-0.39, 0.29) is 12.3 Å². The Morgan fingerprint density at radius 1 is 1.26 bits per heavy atom. The molecule has 1 fully saturated rings. The molecule has 0 atom stereocenters. The van der Waals surface area contributed by atoms with E-state index >= 15 is 0 Å². The topological polar surface area (TPSA) is 70.5 Å². The minimum absolute atomic E-state index is 0.0105. The first-order valence-electron chi connectivity index (χ1n) is 8.19. The van der Waals surface area contributed by atoms with Crippen LogP contribution in [-0.4, -0.2) is 37.7 Å². The van der Waals surface area contributed by atoms with Crippen molar-refractivity contribution in [1.82, 2.24) is 9.88 Å². The van der Waals surface area contributed by atoms with Crippen LogP contribution in [0.3, 0.4) is 0 Å². The first kappa shape index (κ1) is 19.6. The number of aliphatic carboxylic acids is 1. The second-order valence-corrected chi connectivity index (χ2v) is 8.38. The Morgan fingerprint density at radius 3 is 2.78 bits per heavy atom. The van der Waals surface area contributed by atoms with Gasteiger partial charge in [-0.2, -0.15) is 0 Å². The predicted molar refractivity (Wildman–Crippen MR) is 112 cm³/mol. The number of pyridine rings is 1. The lowest BCUT2D eigenvalue weighted by Gasteiger charge is -2.13. The molecule has 0 bridgehead atoms. The summed E-state index contributed by atoms with van der Waals surface area (Å²) in [7, 11) is 0. The van der Waals surface area contributed by atoms with Gasteiger partial charge in [-0.1, -0.05) is 60.0 Å². The van der Waals surface area contributed by atoms with Crippen LogP contribution in [0.1, 0.15) is 18.4 Å². The summed E-state index contributed by atoms with van der Waals surface area (Å²) in [4.78, 5) is 30.8. The Hall–Kier alpha value is -2.16. The molecule has 1 amide bonds. The van der Waals surface area contributed by atoms with Crippen molar-refractivity contribution < 1.29 is 14.7 Å². The molecule has 0 saturated carbocycles. The smallest absolute Gasteiger partial charge is 0.303 e. The van der Waals surface area contributed by atoms with E-state index in [0.29, 0.717) is 22.2 Å². The van der Waals surface area contributed by atoms with Crippen LogP contribution in [0.15, 0.2) is 63.5 Å². The Bertz CT molecular complexity index is 900. The minimum atomic E-state index is -0.881. The number of carboxylic acids is 1. The molecule has 3 rings (SSSR count). The van der Waals surface area contributed by atoms with E-state index in [2.05, 4.69) is 4.98 Å². The fourth-order valence-corrected chi connectivity index (χ4v) is 4.60. The minimum Gasteiger partial charge on any atom is -0.481 e.